The Morgan fingerprint density at radius 3 is 2.29 bits per heavy atom. The van der Waals surface area contributed by atoms with Crippen molar-refractivity contribution in [2.24, 2.45) is 11.5 Å². The van der Waals surface area contributed by atoms with Crippen molar-refractivity contribution in [3.8, 4) is 5.75 Å². The Morgan fingerprint density at radius 1 is 1.25 bits per heavy atom. The highest BCUT2D eigenvalue weighted by molar-refractivity contribution is 6.40. The number of aromatic nitrogens is 2. The Hall–Kier alpha value is -1.87. The number of halogens is 4. The van der Waals surface area contributed by atoms with Crippen molar-refractivity contribution >= 4 is 59.2 Å². The van der Waals surface area contributed by atoms with E-state index < -0.39 is 0 Å². The van der Waals surface area contributed by atoms with Gasteiger partial charge in [0.25, 0.3) is 0 Å². The minimum atomic E-state index is -0.333. The van der Waals surface area contributed by atoms with Gasteiger partial charge in [-0.15, -0.1) is 12.4 Å². The Morgan fingerprint density at radius 2 is 1.82 bits per heavy atom. The molecule has 0 saturated heterocycles. The van der Waals surface area contributed by atoms with Crippen LogP contribution in [-0.4, -0.2) is 46.1 Å². The van der Waals surface area contributed by atoms with E-state index in [-0.39, 0.29) is 31.0 Å². The number of imidazole rings is 1. The number of carbonyl (C=O) groups excluding carboxylic acids is 1. The molecular formula is C16H22Cl4N6O2. The number of nitrogens with one attached hydrogen (secondary N) is 1. The standard InChI is InChI=1S/C15H16Cl3N3O2.CH5N3.ClH/c1-2-4-20(15(22)21-5-3-19-10-21)6-7-23-14-12(17)8-11(16)9-13(14)18;2-1(3)4;/h3,5,8-10H,2,4,6-7H2,1H3;(H5,2,3,4);1H. The monoisotopic (exact) mass is 470 g/mol. The van der Waals surface area contributed by atoms with Crippen LogP contribution in [0, 0.1) is 5.41 Å². The molecule has 28 heavy (non-hydrogen) atoms. The second-order valence-electron chi connectivity index (χ2n) is 5.24. The number of hydrogen-bond donors (Lipinski definition) is 3. The van der Waals surface area contributed by atoms with Crippen molar-refractivity contribution in [3.05, 3.63) is 45.9 Å². The number of ether oxygens (including phenoxy) is 1. The maximum absolute atomic E-state index is 12.3. The molecule has 0 fully saturated rings. The number of hydrogen-bond acceptors (Lipinski definition) is 4. The first-order chi connectivity index (χ1) is 12.8. The van der Waals surface area contributed by atoms with E-state index >= 15 is 0 Å². The van der Waals surface area contributed by atoms with Gasteiger partial charge in [-0.1, -0.05) is 41.7 Å². The summed E-state index contributed by atoms with van der Waals surface area (Å²) in [7, 11) is 0. The summed E-state index contributed by atoms with van der Waals surface area (Å²) in [5.41, 5.74) is 8.94. The average Bonchev–Trinajstić information content (AvgIpc) is 3.09. The molecule has 0 atom stereocenters. The number of nitrogens with two attached hydrogens (primary N) is 2. The van der Waals surface area contributed by atoms with E-state index in [0.29, 0.717) is 33.9 Å². The normalized spacial score (nSPS) is 9.57. The van der Waals surface area contributed by atoms with E-state index in [4.69, 9.17) is 44.9 Å². The summed E-state index contributed by atoms with van der Waals surface area (Å²) < 4.78 is 7.05. The number of benzene rings is 1. The molecule has 0 radical (unpaired) electrons. The number of nitrogens with zero attached hydrogens (tertiary/aromatic N) is 3. The van der Waals surface area contributed by atoms with Crippen molar-refractivity contribution in [1.29, 1.82) is 5.41 Å². The molecule has 0 spiro atoms. The zero-order valence-electron chi connectivity index (χ0n) is 15.1. The van der Waals surface area contributed by atoms with Crippen LogP contribution in [0.3, 0.4) is 0 Å². The van der Waals surface area contributed by atoms with Gasteiger partial charge >= 0.3 is 6.03 Å². The lowest BCUT2D eigenvalue weighted by Crippen LogP contribution is -2.37. The predicted molar refractivity (Wildman–Crippen MR) is 115 cm³/mol. The zero-order valence-corrected chi connectivity index (χ0v) is 18.2. The molecule has 1 aromatic carbocycles. The number of rotatable bonds is 6. The summed E-state index contributed by atoms with van der Waals surface area (Å²) in [6.07, 6.45) is 5.48. The average molecular weight is 472 g/mol. The summed E-state index contributed by atoms with van der Waals surface area (Å²) in [5.74, 6) is 0.0317. The summed E-state index contributed by atoms with van der Waals surface area (Å²) in [4.78, 5) is 17.9. The van der Waals surface area contributed by atoms with Gasteiger partial charge in [0, 0.05) is 24.0 Å². The predicted octanol–water partition coefficient (Wildman–Crippen LogP) is 3.86. The summed E-state index contributed by atoms with van der Waals surface area (Å²) in [6, 6.07) is 2.97. The minimum Gasteiger partial charge on any atom is -0.489 e. The van der Waals surface area contributed by atoms with E-state index in [1.165, 1.54) is 10.9 Å². The van der Waals surface area contributed by atoms with Gasteiger partial charge in [0.1, 0.15) is 12.9 Å². The number of amides is 1. The minimum absolute atomic E-state index is 0. The van der Waals surface area contributed by atoms with Crippen LogP contribution < -0.4 is 16.2 Å². The number of carbonyl (C=O) groups is 1. The summed E-state index contributed by atoms with van der Waals surface area (Å²) in [5, 5.41) is 7.17. The third kappa shape index (κ3) is 8.88. The molecule has 1 heterocycles. The maximum Gasteiger partial charge on any atom is 0.329 e. The Labute approximate surface area is 184 Å². The highest BCUT2D eigenvalue weighted by Crippen LogP contribution is 2.35. The van der Waals surface area contributed by atoms with E-state index in [9.17, 15) is 4.79 Å². The van der Waals surface area contributed by atoms with E-state index in [0.717, 1.165) is 6.42 Å². The van der Waals surface area contributed by atoms with Gasteiger partial charge in [0.15, 0.2) is 11.7 Å². The first kappa shape index (κ1) is 26.1. The van der Waals surface area contributed by atoms with Gasteiger partial charge < -0.3 is 21.1 Å². The van der Waals surface area contributed by atoms with Crippen LogP contribution in [-0.2, 0) is 0 Å². The van der Waals surface area contributed by atoms with Crippen LogP contribution >= 0.6 is 47.2 Å². The molecule has 0 aliphatic carbocycles. The Bertz CT molecular complexity index is 731. The molecule has 12 heteroatoms. The fourth-order valence-corrected chi connectivity index (χ4v) is 2.96. The lowest BCUT2D eigenvalue weighted by Gasteiger charge is -2.22. The van der Waals surface area contributed by atoms with E-state index in [1.54, 1.807) is 29.4 Å². The molecule has 0 bridgehead atoms. The fourth-order valence-electron chi connectivity index (χ4n) is 2.03. The highest BCUT2D eigenvalue weighted by Gasteiger charge is 2.15. The Balaban J connectivity index is 0.00000133. The van der Waals surface area contributed by atoms with E-state index in [2.05, 4.69) is 16.5 Å². The van der Waals surface area contributed by atoms with Crippen LogP contribution in [0.4, 0.5) is 4.79 Å². The van der Waals surface area contributed by atoms with Crippen molar-refractivity contribution in [1.82, 2.24) is 14.5 Å². The van der Waals surface area contributed by atoms with Crippen LogP contribution in [0.25, 0.3) is 0 Å². The molecular weight excluding hydrogens is 450 g/mol. The highest BCUT2D eigenvalue weighted by atomic mass is 35.5. The molecule has 2 aromatic rings. The van der Waals surface area contributed by atoms with Crippen LogP contribution in [0.2, 0.25) is 15.1 Å². The van der Waals surface area contributed by atoms with Gasteiger partial charge in [-0.25, -0.2) is 9.78 Å². The first-order valence-electron chi connectivity index (χ1n) is 7.90. The van der Waals surface area contributed by atoms with Crippen LogP contribution in [0.5, 0.6) is 5.75 Å². The fraction of sp³-hybridized carbons (Fsp3) is 0.312. The molecule has 5 N–H and O–H groups in total. The molecule has 0 saturated carbocycles. The van der Waals surface area contributed by atoms with E-state index in [1.807, 2.05) is 6.92 Å². The molecule has 2 rings (SSSR count). The topological polar surface area (TPSA) is 123 Å². The molecule has 0 unspecified atom stereocenters. The van der Waals surface area contributed by atoms with Crippen molar-refractivity contribution in [2.45, 2.75) is 13.3 Å². The van der Waals surface area contributed by atoms with Gasteiger partial charge in [-0.3, -0.25) is 9.98 Å². The maximum atomic E-state index is 12.3. The third-order valence-electron chi connectivity index (χ3n) is 3.06. The summed E-state index contributed by atoms with van der Waals surface area (Å²) in [6.45, 7) is 3.28. The van der Waals surface area contributed by atoms with Gasteiger partial charge in [0.2, 0.25) is 0 Å². The third-order valence-corrected chi connectivity index (χ3v) is 3.84. The van der Waals surface area contributed by atoms with Gasteiger partial charge in [-0.2, -0.15) is 0 Å². The molecule has 156 valence electrons. The second-order valence-corrected chi connectivity index (χ2v) is 6.49. The van der Waals surface area contributed by atoms with Crippen molar-refractivity contribution in [2.75, 3.05) is 19.7 Å². The van der Waals surface area contributed by atoms with Crippen LogP contribution in [0.15, 0.2) is 30.9 Å². The van der Waals surface area contributed by atoms with Crippen molar-refractivity contribution in [3.63, 3.8) is 0 Å². The number of guanidine groups is 1. The zero-order chi connectivity index (χ0) is 20.4. The first-order valence-corrected chi connectivity index (χ1v) is 9.03. The van der Waals surface area contributed by atoms with Crippen LogP contribution in [0.1, 0.15) is 13.3 Å². The van der Waals surface area contributed by atoms with Gasteiger partial charge in [-0.05, 0) is 18.6 Å². The largest absolute Gasteiger partial charge is 0.489 e. The molecule has 0 aliphatic rings. The molecule has 1 aromatic heterocycles. The van der Waals surface area contributed by atoms with Crippen molar-refractivity contribution < 1.29 is 9.53 Å². The molecule has 0 aliphatic heterocycles. The Kier molecular flexibility index (Phi) is 12.4. The smallest absolute Gasteiger partial charge is 0.329 e. The second kappa shape index (κ2) is 13.3. The quantitative estimate of drug-likeness (QED) is 0.435. The SMILES string of the molecule is CCCN(CCOc1c(Cl)cc(Cl)cc1Cl)C(=O)n1ccnc1.Cl.N=C(N)N. The lowest BCUT2D eigenvalue weighted by atomic mass is 10.3. The van der Waals surface area contributed by atoms with Gasteiger partial charge in [0.05, 0.1) is 16.6 Å². The summed E-state index contributed by atoms with van der Waals surface area (Å²) >= 11 is 18.0. The molecule has 8 nitrogen and oxygen atoms in total. The lowest BCUT2D eigenvalue weighted by molar-refractivity contribution is 0.184. The molecule has 1 amide bonds.